The van der Waals surface area contributed by atoms with Crippen LogP contribution in [0.2, 0.25) is 0 Å². The minimum atomic E-state index is -0.346. The number of H-pyrrole nitrogens is 2. The highest BCUT2D eigenvalue weighted by Crippen LogP contribution is 2.36. The fraction of sp³-hybridized carbons (Fsp3) is 0.300. The number of fused-ring (bicyclic) bond motifs is 2. The van der Waals surface area contributed by atoms with Crippen molar-refractivity contribution in [2.45, 2.75) is 38.9 Å². The second-order valence-electron chi connectivity index (χ2n) is 7.84. The molecule has 0 aliphatic carbocycles. The van der Waals surface area contributed by atoms with E-state index in [2.05, 4.69) is 69.6 Å². The van der Waals surface area contributed by atoms with Crippen LogP contribution in [0.5, 0.6) is 0 Å². The van der Waals surface area contributed by atoms with Gasteiger partial charge in [-0.1, -0.05) is 0 Å². The van der Waals surface area contributed by atoms with Gasteiger partial charge in [-0.15, -0.1) is 0 Å². The van der Waals surface area contributed by atoms with Gasteiger partial charge in [0, 0.05) is 45.5 Å². The van der Waals surface area contributed by atoms with Crippen molar-refractivity contribution in [3.8, 4) is 0 Å². The Labute approximate surface area is 172 Å². The zero-order valence-corrected chi connectivity index (χ0v) is 17.9. The first kappa shape index (κ1) is 19.2. The largest absolute Gasteiger partial charge is 0.496 e. The standard InChI is InChI=1S/C13H17BN2O2.C7H5BrN2/c1-12(2)13(3,4)18-14(17-12)10-7-9-5-6-15-11(9)16-8-10;8-6-3-5-1-2-9-7(5)10-4-6/h5-8H,1-4H3,(H,15,16);1-4H,(H,9,10). The normalized spacial score (nSPS) is 17.7. The first-order chi connectivity index (χ1) is 13.2. The SMILES string of the molecule is Brc1cnc2[nH]ccc2c1.CC1(C)OB(c2cnc3[nH]ccc3c2)OC1(C)C. The summed E-state index contributed by atoms with van der Waals surface area (Å²) in [6.45, 7) is 8.20. The van der Waals surface area contributed by atoms with Crippen molar-refractivity contribution in [2.24, 2.45) is 0 Å². The Bertz CT molecular complexity index is 1110. The van der Waals surface area contributed by atoms with Crippen molar-refractivity contribution < 1.29 is 9.31 Å². The third-order valence-electron chi connectivity index (χ3n) is 5.31. The Morgan fingerprint density at radius 1 is 0.857 bits per heavy atom. The highest BCUT2D eigenvalue weighted by Gasteiger charge is 2.51. The molecule has 5 heterocycles. The zero-order chi connectivity index (χ0) is 19.9. The molecule has 4 aromatic heterocycles. The molecule has 1 aliphatic heterocycles. The lowest BCUT2D eigenvalue weighted by atomic mass is 9.80. The first-order valence-corrected chi connectivity index (χ1v) is 9.92. The molecule has 0 unspecified atom stereocenters. The second-order valence-corrected chi connectivity index (χ2v) is 8.76. The molecule has 1 aliphatic rings. The van der Waals surface area contributed by atoms with Crippen molar-refractivity contribution >= 4 is 50.6 Å². The van der Waals surface area contributed by atoms with Gasteiger partial charge in [-0.2, -0.15) is 0 Å². The third kappa shape index (κ3) is 3.59. The topological polar surface area (TPSA) is 75.8 Å². The molecule has 1 fully saturated rings. The molecule has 1 saturated heterocycles. The van der Waals surface area contributed by atoms with Gasteiger partial charge in [0.25, 0.3) is 0 Å². The zero-order valence-electron chi connectivity index (χ0n) is 16.3. The number of hydrogen-bond acceptors (Lipinski definition) is 4. The number of pyridine rings is 2. The van der Waals surface area contributed by atoms with Gasteiger partial charge in [0.15, 0.2) is 0 Å². The van der Waals surface area contributed by atoms with E-state index in [1.807, 2.05) is 30.6 Å². The number of hydrogen-bond donors (Lipinski definition) is 2. The van der Waals surface area contributed by atoms with E-state index in [1.165, 1.54) is 0 Å². The average Bonchev–Trinajstić information content (AvgIpc) is 3.32. The van der Waals surface area contributed by atoms with Gasteiger partial charge in [0.2, 0.25) is 0 Å². The van der Waals surface area contributed by atoms with Crippen LogP contribution in [0.3, 0.4) is 0 Å². The van der Waals surface area contributed by atoms with E-state index in [4.69, 9.17) is 9.31 Å². The van der Waals surface area contributed by atoms with E-state index in [1.54, 1.807) is 12.4 Å². The molecule has 0 saturated carbocycles. The second kappa shape index (κ2) is 7.02. The third-order valence-corrected chi connectivity index (χ3v) is 5.75. The van der Waals surface area contributed by atoms with E-state index in [0.717, 1.165) is 32.0 Å². The Balaban J connectivity index is 0.000000162. The lowest BCUT2D eigenvalue weighted by Crippen LogP contribution is -2.41. The van der Waals surface area contributed by atoms with Crippen molar-refractivity contribution in [1.82, 2.24) is 19.9 Å². The summed E-state index contributed by atoms with van der Waals surface area (Å²) >= 11 is 3.34. The summed E-state index contributed by atoms with van der Waals surface area (Å²) in [5.41, 5.74) is 2.15. The Morgan fingerprint density at radius 2 is 1.39 bits per heavy atom. The molecule has 4 aromatic rings. The molecular weight excluding hydrogens is 419 g/mol. The maximum absolute atomic E-state index is 6.00. The number of aromatic amines is 2. The summed E-state index contributed by atoms with van der Waals surface area (Å²) in [6, 6.07) is 8.07. The van der Waals surface area contributed by atoms with Crippen LogP contribution < -0.4 is 5.46 Å². The van der Waals surface area contributed by atoms with Crippen LogP contribution in [-0.2, 0) is 9.31 Å². The maximum Gasteiger partial charge on any atom is 0.496 e. The number of halogens is 1. The average molecular weight is 441 g/mol. The summed E-state index contributed by atoms with van der Waals surface area (Å²) in [5, 5.41) is 2.21. The first-order valence-electron chi connectivity index (χ1n) is 9.12. The fourth-order valence-corrected chi connectivity index (χ4v) is 3.33. The summed E-state index contributed by atoms with van der Waals surface area (Å²) in [4.78, 5) is 14.6. The van der Waals surface area contributed by atoms with Crippen LogP contribution in [0.1, 0.15) is 27.7 Å². The monoisotopic (exact) mass is 440 g/mol. The molecule has 2 N–H and O–H groups in total. The van der Waals surface area contributed by atoms with Crippen molar-refractivity contribution in [2.75, 3.05) is 0 Å². The minimum Gasteiger partial charge on any atom is -0.399 e. The van der Waals surface area contributed by atoms with E-state index in [-0.39, 0.29) is 18.3 Å². The molecule has 144 valence electrons. The van der Waals surface area contributed by atoms with E-state index < -0.39 is 0 Å². The molecule has 6 nitrogen and oxygen atoms in total. The van der Waals surface area contributed by atoms with E-state index in [0.29, 0.717) is 0 Å². The molecule has 0 bridgehead atoms. The van der Waals surface area contributed by atoms with E-state index in [9.17, 15) is 0 Å². The number of aromatic nitrogens is 4. The summed E-state index contributed by atoms with van der Waals surface area (Å²) in [6.07, 6.45) is 7.34. The van der Waals surface area contributed by atoms with Crippen molar-refractivity contribution in [3.05, 3.63) is 53.5 Å². The highest BCUT2D eigenvalue weighted by molar-refractivity contribution is 9.10. The number of nitrogens with zero attached hydrogens (tertiary/aromatic N) is 2. The fourth-order valence-electron chi connectivity index (χ4n) is 2.98. The van der Waals surface area contributed by atoms with Gasteiger partial charge in [-0.25, -0.2) is 9.97 Å². The molecule has 8 heteroatoms. The highest BCUT2D eigenvalue weighted by atomic mass is 79.9. The van der Waals surface area contributed by atoms with Gasteiger partial charge in [-0.05, 0) is 67.9 Å². The van der Waals surface area contributed by atoms with Gasteiger partial charge in [-0.3, -0.25) is 0 Å². The predicted molar refractivity (Wildman–Crippen MR) is 116 cm³/mol. The molecule has 0 spiro atoms. The molecule has 28 heavy (non-hydrogen) atoms. The maximum atomic E-state index is 6.00. The lowest BCUT2D eigenvalue weighted by molar-refractivity contribution is 0.00578. The summed E-state index contributed by atoms with van der Waals surface area (Å²) < 4.78 is 13.0. The van der Waals surface area contributed by atoms with Gasteiger partial charge in [0.05, 0.1) is 11.2 Å². The Morgan fingerprint density at radius 3 is 2.00 bits per heavy atom. The molecule has 0 aromatic carbocycles. The lowest BCUT2D eigenvalue weighted by Gasteiger charge is -2.32. The Kier molecular flexibility index (Phi) is 4.81. The van der Waals surface area contributed by atoms with Gasteiger partial charge >= 0.3 is 7.12 Å². The van der Waals surface area contributed by atoms with Gasteiger partial charge in [0.1, 0.15) is 11.3 Å². The Hall–Kier alpha value is -2.16. The molecule has 5 rings (SSSR count). The van der Waals surface area contributed by atoms with Crippen LogP contribution >= 0.6 is 15.9 Å². The molecule has 0 radical (unpaired) electrons. The summed E-state index contributed by atoms with van der Waals surface area (Å²) in [5.74, 6) is 0. The quantitative estimate of drug-likeness (QED) is 0.435. The van der Waals surface area contributed by atoms with Crippen LogP contribution in [0.15, 0.2) is 53.5 Å². The van der Waals surface area contributed by atoms with Crippen LogP contribution in [0.4, 0.5) is 0 Å². The number of nitrogens with one attached hydrogen (secondary N) is 2. The molecule has 0 amide bonds. The number of rotatable bonds is 1. The molecule has 0 atom stereocenters. The van der Waals surface area contributed by atoms with Crippen LogP contribution in [0.25, 0.3) is 22.1 Å². The van der Waals surface area contributed by atoms with Gasteiger partial charge < -0.3 is 19.3 Å². The predicted octanol–water partition coefficient (Wildman–Crippen LogP) is 4.19. The van der Waals surface area contributed by atoms with E-state index >= 15 is 0 Å². The smallest absolute Gasteiger partial charge is 0.399 e. The minimum absolute atomic E-state index is 0.315. The summed E-state index contributed by atoms with van der Waals surface area (Å²) in [7, 11) is -0.346. The van der Waals surface area contributed by atoms with Crippen molar-refractivity contribution in [3.63, 3.8) is 0 Å². The van der Waals surface area contributed by atoms with Crippen LogP contribution in [-0.4, -0.2) is 38.3 Å². The molecular formula is C20H22BBrN4O2. The van der Waals surface area contributed by atoms with Crippen molar-refractivity contribution in [1.29, 1.82) is 0 Å². The van der Waals surface area contributed by atoms with Crippen LogP contribution in [0, 0.1) is 0 Å².